The first-order valence-electron chi connectivity index (χ1n) is 7.67. The molecule has 3 rings (SSSR count). The normalized spacial score (nSPS) is 14.0. The van der Waals surface area contributed by atoms with Crippen molar-refractivity contribution < 1.29 is 9.32 Å². The van der Waals surface area contributed by atoms with Gasteiger partial charge in [-0.2, -0.15) is 0 Å². The summed E-state index contributed by atoms with van der Waals surface area (Å²) in [5.41, 5.74) is 4.22. The Morgan fingerprint density at radius 1 is 1.36 bits per heavy atom. The average Bonchev–Trinajstić information content (AvgIpc) is 2.86. The van der Waals surface area contributed by atoms with Crippen molar-refractivity contribution in [2.75, 3.05) is 18.0 Å². The number of amides is 1. The summed E-state index contributed by atoms with van der Waals surface area (Å²) in [7, 11) is 0. The molecule has 0 saturated carbocycles. The summed E-state index contributed by atoms with van der Waals surface area (Å²) < 4.78 is 5.13. The van der Waals surface area contributed by atoms with Crippen LogP contribution in [0.25, 0.3) is 0 Å². The first-order valence-corrected chi connectivity index (χ1v) is 7.67. The van der Waals surface area contributed by atoms with Gasteiger partial charge in [-0.15, -0.1) is 0 Å². The van der Waals surface area contributed by atoms with Crippen LogP contribution >= 0.6 is 0 Å². The van der Waals surface area contributed by atoms with Crippen LogP contribution in [0, 0.1) is 13.8 Å². The summed E-state index contributed by atoms with van der Waals surface area (Å²) in [5, 5.41) is 7.13. The van der Waals surface area contributed by atoms with E-state index in [1.54, 1.807) is 0 Å². The molecule has 2 aromatic rings. The summed E-state index contributed by atoms with van der Waals surface area (Å²) in [4.78, 5) is 14.4. The molecule has 0 atom stereocenters. The van der Waals surface area contributed by atoms with Crippen LogP contribution < -0.4 is 10.2 Å². The maximum atomic E-state index is 12.5. The smallest absolute Gasteiger partial charge is 0.240 e. The lowest BCUT2D eigenvalue weighted by molar-refractivity contribution is -0.117. The maximum absolute atomic E-state index is 12.5. The molecule has 1 amide bonds. The van der Waals surface area contributed by atoms with Crippen molar-refractivity contribution in [3.8, 4) is 0 Å². The van der Waals surface area contributed by atoms with Gasteiger partial charge in [-0.25, -0.2) is 0 Å². The van der Waals surface area contributed by atoms with E-state index < -0.39 is 0 Å². The van der Waals surface area contributed by atoms with Crippen LogP contribution in [-0.2, 0) is 17.8 Å². The van der Waals surface area contributed by atoms with Crippen molar-refractivity contribution in [3.63, 3.8) is 0 Å². The van der Waals surface area contributed by atoms with Gasteiger partial charge in [0.2, 0.25) is 5.91 Å². The molecule has 0 bridgehead atoms. The zero-order valence-corrected chi connectivity index (χ0v) is 13.1. The molecule has 1 aliphatic heterocycles. The summed E-state index contributed by atoms with van der Waals surface area (Å²) >= 11 is 0. The largest absolute Gasteiger partial charge is 0.361 e. The predicted octanol–water partition coefficient (Wildman–Crippen LogP) is 2.36. The molecule has 22 heavy (non-hydrogen) atoms. The van der Waals surface area contributed by atoms with Crippen molar-refractivity contribution >= 4 is 11.6 Å². The number of nitrogens with one attached hydrogen (secondary N) is 1. The topological polar surface area (TPSA) is 58.4 Å². The number of nitrogens with zero attached hydrogens (tertiary/aromatic N) is 2. The van der Waals surface area contributed by atoms with Crippen LogP contribution in [0.5, 0.6) is 0 Å². The van der Waals surface area contributed by atoms with Crippen molar-refractivity contribution in [2.45, 2.75) is 33.2 Å². The quantitative estimate of drug-likeness (QED) is 0.941. The Kier molecular flexibility index (Phi) is 4.24. The third-order valence-electron chi connectivity index (χ3n) is 4.17. The van der Waals surface area contributed by atoms with E-state index in [0.29, 0.717) is 13.1 Å². The molecule has 2 heterocycles. The van der Waals surface area contributed by atoms with E-state index in [9.17, 15) is 4.79 Å². The highest BCUT2D eigenvalue weighted by molar-refractivity contribution is 5.95. The van der Waals surface area contributed by atoms with Gasteiger partial charge in [0.25, 0.3) is 0 Å². The average molecular weight is 299 g/mol. The Hall–Kier alpha value is -2.14. The minimum atomic E-state index is 0.110. The van der Waals surface area contributed by atoms with E-state index >= 15 is 0 Å². The maximum Gasteiger partial charge on any atom is 0.240 e. The van der Waals surface area contributed by atoms with Crippen molar-refractivity contribution in [2.24, 2.45) is 0 Å². The van der Waals surface area contributed by atoms with Crippen molar-refractivity contribution in [3.05, 3.63) is 46.8 Å². The number of hydrogen-bond donors (Lipinski definition) is 1. The van der Waals surface area contributed by atoms with Gasteiger partial charge in [0.1, 0.15) is 5.76 Å². The van der Waals surface area contributed by atoms with Crippen molar-refractivity contribution in [1.82, 2.24) is 10.5 Å². The third-order valence-corrected chi connectivity index (χ3v) is 4.17. The molecule has 1 aromatic heterocycles. The molecule has 1 aromatic carbocycles. The fourth-order valence-corrected chi connectivity index (χ4v) is 2.94. The fourth-order valence-electron chi connectivity index (χ4n) is 2.94. The van der Waals surface area contributed by atoms with Crippen molar-refractivity contribution in [1.29, 1.82) is 0 Å². The van der Waals surface area contributed by atoms with E-state index in [2.05, 4.69) is 16.5 Å². The van der Waals surface area contributed by atoms with E-state index in [-0.39, 0.29) is 5.91 Å². The van der Waals surface area contributed by atoms with E-state index in [1.165, 1.54) is 5.56 Å². The SMILES string of the molecule is Cc1noc(C)c1CNCC(=O)N1CCCc2ccccc21. The Labute approximate surface area is 130 Å². The molecule has 0 saturated heterocycles. The molecule has 1 aliphatic rings. The molecule has 0 unspecified atom stereocenters. The van der Waals surface area contributed by atoms with Crippen LogP contribution in [0.1, 0.15) is 29.0 Å². The molecular formula is C17H21N3O2. The van der Waals surface area contributed by atoms with Gasteiger partial charge in [0.15, 0.2) is 0 Å². The number of hydrogen-bond acceptors (Lipinski definition) is 4. The Balaban J connectivity index is 1.61. The zero-order valence-electron chi connectivity index (χ0n) is 13.1. The van der Waals surface area contributed by atoms with Gasteiger partial charge in [-0.3, -0.25) is 4.79 Å². The number of anilines is 1. The summed E-state index contributed by atoms with van der Waals surface area (Å²) in [6.45, 7) is 5.51. The highest BCUT2D eigenvalue weighted by atomic mass is 16.5. The number of fused-ring (bicyclic) bond motifs is 1. The second-order valence-corrected chi connectivity index (χ2v) is 5.68. The summed E-state index contributed by atoms with van der Waals surface area (Å²) in [6, 6.07) is 8.15. The highest BCUT2D eigenvalue weighted by Crippen LogP contribution is 2.26. The summed E-state index contributed by atoms with van der Waals surface area (Å²) in [5.74, 6) is 0.916. The molecule has 0 fully saturated rings. The highest BCUT2D eigenvalue weighted by Gasteiger charge is 2.21. The van der Waals surface area contributed by atoms with Gasteiger partial charge in [0, 0.05) is 24.3 Å². The number of aromatic nitrogens is 1. The van der Waals surface area contributed by atoms with Crippen LogP contribution in [-0.4, -0.2) is 24.2 Å². The lowest BCUT2D eigenvalue weighted by Gasteiger charge is -2.29. The number of carbonyl (C=O) groups excluding carboxylic acids is 1. The Morgan fingerprint density at radius 2 is 2.18 bits per heavy atom. The summed E-state index contributed by atoms with van der Waals surface area (Å²) in [6.07, 6.45) is 2.07. The lowest BCUT2D eigenvalue weighted by Crippen LogP contribution is -2.41. The predicted molar refractivity (Wildman–Crippen MR) is 84.8 cm³/mol. The van der Waals surface area contributed by atoms with E-state index in [0.717, 1.165) is 42.1 Å². The molecule has 5 nitrogen and oxygen atoms in total. The van der Waals surface area contributed by atoms with Gasteiger partial charge in [-0.1, -0.05) is 23.4 Å². The fraction of sp³-hybridized carbons (Fsp3) is 0.412. The zero-order chi connectivity index (χ0) is 15.5. The molecule has 0 radical (unpaired) electrons. The van der Waals surface area contributed by atoms with E-state index in [4.69, 9.17) is 4.52 Å². The minimum Gasteiger partial charge on any atom is -0.361 e. The third kappa shape index (κ3) is 2.90. The van der Waals surface area contributed by atoms with Crippen LogP contribution in [0.4, 0.5) is 5.69 Å². The Bertz CT molecular complexity index is 659. The molecule has 1 N–H and O–H groups in total. The number of rotatable bonds is 4. The standard InChI is InChI=1S/C17H21N3O2/c1-12-15(13(2)22-19-12)10-18-11-17(21)20-9-5-7-14-6-3-4-8-16(14)20/h3-4,6,8,18H,5,7,9-11H2,1-2H3. The second-order valence-electron chi connectivity index (χ2n) is 5.68. The van der Waals surface area contributed by atoms with Gasteiger partial charge < -0.3 is 14.7 Å². The number of carbonyl (C=O) groups is 1. The molecule has 0 aliphatic carbocycles. The van der Waals surface area contributed by atoms with Gasteiger partial charge >= 0.3 is 0 Å². The van der Waals surface area contributed by atoms with Crippen LogP contribution in [0.3, 0.4) is 0 Å². The van der Waals surface area contributed by atoms with Gasteiger partial charge in [-0.05, 0) is 38.3 Å². The monoisotopic (exact) mass is 299 g/mol. The Morgan fingerprint density at radius 3 is 2.95 bits per heavy atom. The first kappa shape index (κ1) is 14.8. The first-order chi connectivity index (χ1) is 10.7. The molecule has 5 heteroatoms. The van der Waals surface area contributed by atoms with E-state index in [1.807, 2.05) is 36.9 Å². The van der Waals surface area contributed by atoms with Crippen LogP contribution in [0.15, 0.2) is 28.8 Å². The lowest BCUT2D eigenvalue weighted by atomic mass is 10.0. The number of para-hydroxylation sites is 1. The number of benzene rings is 1. The van der Waals surface area contributed by atoms with Crippen LogP contribution in [0.2, 0.25) is 0 Å². The minimum absolute atomic E-state index is 0.110. The van der Waals surface area contributed by atoms with Gasteiger partial charge in [0.05, 0.1) is 12.2 Å². The molecule has 0 spiro atoms. The number of aryl methyl sites for hydroxylation is 3. The molecule has 116 valence electrons. The second kappa shape index (κ2) is 6.32. The molecular weight excluding hydrogens is 278 g/mol.